The summed E-state index contributed by atoms with van der Waals surface area (Å²) >= 11 is 0. The van der Waals surface area contributed by atoms with Crippen LogP contribution in [0.25, 0.3) is 0 Å². The predicted molar refractivity (Wildman–Crippen MR) is 83.6 cm³/mol. The summed E-state index contributed by atoms with van der Waals surface area (Å²) in [5.41, 5.74) is 0.108. The number of hydrogen-bond donors (Lipinski definition) is 1. The number of hydrogen-bond acceptors (Lipinski definition) is 2. The summed E-state index contributed by atoms with van der Waals surface area (Å²) in [7, 11) is 2.12. The van der Waals surface area contributed by atoms with Crippen LogP contribution in [0.2, 0.25) is 0 Å². The van der Waals surface area contributed by atoms with Crippen molar-refractivity contribution in [3.05, 3.63) is 0 Å². The second-order valence-electron chi connectivity index (χ2n) is 6.58. The quantitative estimate of drug-likeness (QED) is 0.654. The topological polar surface area (TPSA) is 21.3 Å². The molecule has 1 aliphatic rings. The van der Waals surface area contributed by atoms with Crippen molar-refractivity contribution in [2.45, 2.75) is 90.2 Å². The van der Waals surface area contributed by atoms with Crippen molar-refractivity contribution >= 4 is 0 Å². The monoisotopic (exact) mass is 269 g/mol. The van der Waals surface area contributed by atoms with E-state index in [2.05, 4.69) is 33.1 Å². The standard InChI is InChI=1S/C17H35NO/c1-5-19-17(13-8-6-7-9-14-17)16(18-4)12-10-11-15(2)3/h15-16,18H,5-14H2,1-4H3. The first-order chi connectivity index (χ1) is 9.14. The van der Waals surface area contributed by atoms with Crippen LogP contribution in [-0.2, 0) is 4.74 Å². The van der Waals surface area contributed by atoms with E-state index in [1.54, 1.807) is 0 Å². The van der Waals surface area contributed by atoms with Gasteiger partial charge in [-0.2, -0.15) is 0 Å². The highest BCUT2D eigenvalue weighted by Crippen LogP contribution is 2.35. The van der Waals surface area contributed by atoms with Gasteiger partial charge in [0.2, 0.25) is 0 Å². The van der Waals surface area contributed by atoms with E-state index in [-0.39, 0.29) is 5.60 Å². The fourth-order valence-electron chi connectivity index (χ4n) is 3.61. The van der Waals surface area contributed by atoms with Crippen LogP contribution in [0.5, 0.6) is 0 Å². The van der Waals surface area contributed by atoms with Gasteiger partial charge in [0.1, 0.15) is 0 Å². The molecule has 1 fully saturated rings. The highest BCUT2D eigenvalue weighted by Gasteiger charge is 2.38. The molecule has 0 aromatic rings. The van der Waals surface area contributed by atoms with Crippen LogP contribution in [0, 0.1) is 5.92 Å². The number of likely N-dealkylation sites (N-methyl/N-ethyl adjacent to an activating group) is 1. The Hall–Kier alpha value is -0.0800. The molecule has 1 rings (SSSR count). The van der Waals surface area contributed by atoms with Gasteiger partial charge in [0.25, 0.3) is 0 Å². The Morgan fingerprint density at radius 2 is 1.68 bits per heavy atom. The molecule has 0 saturated heterocycles. The van der Waals surface area contributed by atoms with E-state index in [1.165, 1.54) is 57.8 Å². The highest BCUT2D eigenvalue weighted by molar-refractivity contribution is 4.94. The molecule has 0 aliphatic heterocycles. The van der Waals surface area contributed by atoms with Crippen LogP contribution in [0.15, 0.2) is 0 Å². The molecule has 2 heteroatoms. The summed E-state index contributed by atoms with van der Waals surface area (Å²) < 4.78 is 6.30. The van der Waals surface area contributed by atoms with Crippen LogP contribution in [0.4, 0.5) is 0 Å². The van der Waals surface area contributed by atoms with Gasteiger partial charge in [-0.25, -0.2) is 0 Å². The zero-order valence-corrected chi connectivity index (χ0v) is 13.6. The van der Waals surface area contributed by atoms with Gasteiger partial charge in [-0.3, -0.25) is 0 Å². The van der Waals surface area contributed by atoms with E-state index in [1.807, 2.05) is 0 Å². The summed E-state index contributed by atoms with van der Waals surface area (Å²) in [6, 6.07) is 0.532. The predicted octanol–water partition coefficient (Wildman–Crippen LogP) is 4.53. The van der Waals surface area contributed by atoms with Gasteiger partial charge in [0.05, 0.1) is 5.60 Å². The third kappa shape index (κ3) is 5.43. The van der Waals surface area contributed by atoms with Gasteiger partial charge in [0.15, 0.2) is 0 Å². The zero-order chi connectivity index (χ0) is 14.1. The molecule has 0 amide bonds. The molecule has 0 aromatic carbocycles. The lowest BCUT2D eigenvalue weighted by Crippen LogP contribution is -2.51. The van der Waals surface area contributed by atoms with Crippen LogP contribution < -0.4 is 5.32 Å². The Bertz CT molecular complexity index is 219. The fourth-order valence-corrected chi connectivity index (χ4v) is 3.61. The smallest absolute Gasteiger partial charge is 0.0834 e. The minimum Gasteiger partial charge on any atom is -0.374 e. The fraction of sp³-hybridized carbons (Fsp3) is 1.00. The first-order valence-electron chi connectivity index (χ1n) is 8.46. The van der Waals surface area contributed by atoms with Crippen molar-refractivity contribution in [1.82, 2.24) is 5.32 Å². The summed E-state index contributed by atoms with van der Waals surface area (Å²) in [6.07, 6.45) is 11.8. The molecule has 0 spiro atoms. The number of nitrogens with one attached hydrogen (secondary N) is 1. The molecule has 19 heavy (non-hydrogen) atoms. The molecule has 0 radical (unpaired) electrons. The van der Waals surface area contributed by atoms with E-state index in [0.29, 0.717) is 6.04 Å². The van der Waals surface area contributed by atoms with Crippen molar-refractivity contribution in [1.29, 1.82) is 0 Å². The zero-order valence-electron chi connectivity index (χ0n) is 13.6. The third-order valence-electron chi connectivity index (χ3n) is 4.64. The average Bonchev–Trinajstić information content (AvgIpc) is 2.61. The van der Waals surface area contributed by atoms with Crippen molar-refractivity contribution in [3.8, 4) is 0 Å². The summed E-state index contributed by atoms with van der Waals surface area (Å²) in [5, 5.41) is 3.57. The van der Waals surface area contributed by atoms with Gasteiger partial charge in [-0.05, 0) is 39.2 Å². The first-order valence-corrected chi connectivity index (χ1v) is 8.46. The lowest BCUT2D eigenvalue weighted by atomic mass is 9.83. The normalized spacial score (nSPS) is 21.3. The van der Waals surface area contributed by atoms with E-state index >= 15 is 0 Å². The van der Waals surface area contributed by atoms with E-state index in [0.717, 1.165) is 12.5 Å². The molecule has 1 unspecified atom stereocenters. The van der Waals surface area contributed by atoms with Crippen LogP contribution in [0.3, 0.4) is 0 Å². The van der Waals surface area contributed by atoms with Crippen molar-refractivity contribution < 1.29 is 4.74 Å². The largest absolute Gasteiger partial charge is 0.374 e. The molecule has 1 saturated carbocycles. The molecule has 0 aromatic heterocycles. The Morgan fingerprint density at radius 3 is 2.16 bits per heavy atom. The summed E-state index contributed by atoms with van der Waals surface area (Å²) in [6.45, 7) is 7.63. The van der Waals surface area contributed by atoms with Crippen LogP contribution in [0.1, 0.15) is 78.6 Å². The Kier molecular flexibility index (Phi) is 8.01. The van der Waals surface area contributed by atoms with Gasteiger partial charge >= 0.3 is 0 Å². The molecule has 114 valence electrons. The Morgan fingerprint density at radius 1 is 1.05 bits per heavy atom. The SMILES string of the molecule is CCOC1(C(CCCC(C)C)NC)CCCCCC1. The third-order valence-corrected chi connectivity index (χ3v) is 4.64. The van der Waals surface area contributed by atoms with Crippen molar-refractivity contribution in [3.63, 3.8) is 0 Å². The lowest BCUT2D eigenvalue weighted by Gasteiger charge is -2.40. The average molecular weight is 269 g/mol. The van der Waals surface area contributed by atoms with E-state index < -0.39 is 0 Å². The van der Waals surface area contributed by atoms with Gasteiger partial charge in [0, 0.05) is 12.6 Å². The minimum absolute atomic E-state index is 0.108. The molecular formula is C17H35NO. The molecular weight excluding hydrogens is 234 g/mol. The lowest BCUT2D eigenvalue weighted by molar-refractivity contribution is -0.0775. The van der Waals surface area contributed by atoms with Gasteiger partial charge in [-0.15, -0.1) is 0 Å². The molecule has 1 atom stereocenters. The second-order valence-corrected chi connectivity index (χ2v) is 6.58. The van der Waals surface area contributed by atoms with Crippen molar-refractivity contribution in [2.75, 3.05) is 13.7 Å². The summed E-state index contributed by atoms with van der Waals surface area (Å²) in [4.78, 5) is 0. The second kappa shape index (κ2) is 8.97. The Labute approximate surface area is 120 Å². The molecule has 2 nitrogen and oxygen atoms in total. The van der Waals surface area contributed by atoms with E-state index in [4.69, 9.17) is 4.74 Å². The maximum absolute atomic E-state index is 6.30. The molecule has 0 heterocycles. The molecule has 1 N–H and O–H groups in total. The van der Waals surface area contributed by atoms with Crippen molar-refractivity contribution in [2.24, 2.45) is 5.92 Å². The maximum atomic E-state index is 6.30. The highest BCUT2D eigenvalue weighted by atomic mass is 16.5. The maximum Gasteiger partial charge on any atom is 0.0834 e. The van der Waals surface area contributed by atoms with Crippen LogP contribution >= 0.6 is 0 Å². The van der Waals surface area contributed by atoms with Crippen LogP contribution in [-0.4, -0.2) is 25.3 Å². The van der Waals surface area contributed by atoms with Gasteiger partial charge in [-0.1, -0.05) is 52.4 Å². The molecule has 1 aliphatic carbocycles. The minimum atomic E-state index is 0.108. The van der Waals surface area contributed by atoms with Gasteiger partial charge < -0.3 is 10.1 Å². The number of rotatable bonds is 8. The first kappa shape index (κ1) is 17.0. The molecule has 0 bridgehead atoms. The number of ether oxygens (including phenoxy) is 1. The summed E-state index contributed by atoms with van der Waals surface area (Å²) in [5.74, 6) is 0.815. The van der Waals surface area contributed by atoms with E-state index in [9.17, 15) is 0 Å². The Balaban J connectivity index is 2.63.